The molecule has 2 N–H and O–H groups in total. The van der Waals surface area contributed by atoms with Crippen LogP contribution in [-0.2, 0) is 16.0 Å². The van der Waals surface area contributed by atoms with E-state index < -0.39 is 0 Å². The number of fused-ring (bicyclic) bond motifs is 1. The summed E-state index contributed by atoms with van der Waals surface area (Å²) in [5.41, 5.74) is 3.61. The van der Waals surface area contributed by atoms with E-state index in [-0.39, 0.29) is 24.8 Å². The van der Waals surface area contributed by atoms with Gasteiger partial charge < -0.3 is 19.9 Å². The van der Waals surface area contributed by atoms with E-state index >= 15 is 0 Å². The minimum Gasteiger partial charge on any atom is -0.497 e. The number of rotatable bonds is 7. The predicted octanol–water partition coefficient (Wildman–Crippen LogP) is 3.51. The van der Waals surface area contributed by atoms with Gasteiger partial charge in [0.05, 0.1) is 20.1 Å². The highest BCUT2D eigenvalue weighted by Crippen LogP contribution is 2.23. The van der Waals surface area contributed by atoms with Gasteiger partial charge in [0.2, 0.25) is 11.8 Å². The summed E-state index contributed by atoms with van der Waals surface area (Å²) < 4.78 is 5.16. The van der Waals surface area contributed by atoms with E-state index in [0.29, 0.717) is 18.0 Å². The number of nitrogens with one attached hydrogen (secondary N) is 2. The van der Waals surface area contributed by atoms with Gasteiger partial charge in [-0.1, -0.05) is 24.3 Å². The number of amides is 2. The first-order valence-electron chi connectivity index (χ1n) is 9.29. The molecule has 0 saturated heterocycles. The number of likely N-dealkylation sites (N-methyl/N-ethyl adjacent to an activating group) is 1. The molecule has 0 bridgehead atoms. The second-order valence-corrected chi connectivity index (χ2v) is 6.64. The molecule has 1 heterocycles. The number of H-pyrrole nitrogens is 1. The van der Waals surface area contributed by atoms with E-state index in [1.54, 1.807) is 36.3 Å². The van der Waals surface area contributed by atoms with Crippen LogP contribution in [0.15, 0.2) is 48.5 Å². The van der Waals surface area contributed by atoms with Gasteiger partial charge in [0.15, 0.2) is 0 Å². The normalized spacial score (nSPS) is 10.7. The van der Waals surface area contributed by atoms with Crippen LogP contribution in [0.1, 0.15) is 18.2 Å². The van der Waals surface area contributed by atoms with Crippen molar-refractivity contribution in [1.29, 1.82) is 0 Å². The lowest BCUT2D eigenvalue weighted by Crippen LogP contribution is -2.38. The Balaban J connectivity index is 1.67. The first-order valence-corrected chi connectivity index (χ1v) is 9.29. The van der Waals surface area contributed by atoms with Crippen molar-refractivity contribution < 1.29 is 14.3 Å². The number of hydrogen-bond acceptors (Lipinski definition) is 3. The number of benzene rings is 2. The fourth-order valence-corrected chi connectivity index (χ4v) is 3.28. The van der Waals surface area contributed by atoms with E-state index in [1.165, 1.54) is 0 Å². The van der Waals surface area contributed by atoms with Crippen molar-refractivity contribution in [2.24, 2.45) is 0 Å². The van der Waals surface area contributed by atoms with Gasteiger partial charge in [-0.15, -0.1) is 0 Å². The monoisotopic (exact) mass is 379 g/mol. The van der Waals surface area contributed by atoms with E-state index in [9.17, 15) is 9.59 Å². The smallest absolute Gasteiger partial charge is 0.243 e. The van der Waals surface area contributed by atoms with E-state index in [4.69, 9.17) is 4.74 Å². The molecule has 3 aromatic rings. The summed E-state index contributed by atoms with van der Waals surface area (Å²) in [6, 6.07) is 15.1. The quantitative estimate of drug-likeness (QED) is 0.660. The number of hydrogen-bond donors (Lipinski definition) is 2. The third-order valence-corrected chi connectivity index (χ3v) is 4.78. The molecule has 0 atom stereocenters. The molecular weight excluding hydrogens is 354 g/mol. The number of nitrogens with zero attached hydrogens (tertiary/aromatic N) is 1. The van der Waals surface area contributed by atoms with Crippen molar-refractivity contribution in [1.82, 2.24) is 9.88 Å². The van der Waals surface area contributed by atoms with Crippen molar-refractivity contribution in [3.8, 4) is 5.75 Å². The Labute approximate surface area is 164 Å². The van der Waals surface area contributed by atoms with Gasteiger partial charge in [-0.3, -0.25) is 9.59 Å². The molecule has 0 unspecified atom stereocenters. The minimum absolute atomic E-state index is 0.00788. The van der Waals surface area contributed by atoms with Crippen molar-refractivity contribution in [2.75, 3.05) is 25.5 Å². The number of anilines is 1. The third kappa shape index (κ3) is 4.34. The molecule has 28 heavy (non-hydrogen) atoms. The number of para-hydroxylation sites is 1. The van der Waals surface area contributed by atoms with Crippen LogP contribution in [0.4, 0.5) is 5.69 Å². The number of methoxy groups -OCH3 is 1. The SMILES string of the molecule is CCN(CC(=O)Nc1cccc(OC)c1)C(=O)Cc1c(C)[nH]c2ccccc12. The van der Waals surface area contributed by atoms with Crippen molar-refractivity contribution in [2.45, 2.75) is 20.3 Å². The van der Waals surface area contributed by atoms with Crippen LogP contribution in [-0.4, -0.2) is 41.9 Å². The Hall–Kier alpha value is -3.28. The number of carbonyl (C=O) groups is 2. The molecule has 6 heteroatoms. The lowest BCUT2D eigenvalue weighted by atomic mass is 10.1. The Morgan fingerprint density at radius 1 is 1.14 bits per heavy atom. The van der Waals surface area contributed by atoms with Gasteiger partial charge in [0.1, 0.15) is 5.75 Å². The minimum atomic E-state index is -0.237. The van der Waals surface area contributed by atoms with Gasteiger partial charge >= 0.3 is 0 Å². The molecule has 0 fully saturated rings. The Morgan fingerprint density at radius 2 is 1.93 bits per heavy atom. The molecule has 2 amide bonds. The highest BCUT2D eigenvalue weighted by Gasteiger charge is 2.19. The Morgan fingerprint density at radius 3 is 2.68 bits per heavy atom. The number of aryl methyl sites for hydroxylation is 1. The van der Waals surface area contributed by atoms with Gasteiger partial charge in [-0.2, -0.15) is 0 Å². The zero-order valence-corrected chi connectivity index (χ0v) is 16.4. The zero-order valence-electron chi connectivity index (χ0n) is 16.4. The molecule has 0 aliphatic carbocycles. The molecule has 2 aromatic carbocycles. The molecule has 0 radical (unpaired) electrons. The summed E-state index contributed by atoms with van der Waals surface area (Å²) in [6.45, 7) is 4.31. The average molecular weight is 379 g/mol. The van der Waals surface area contributed by atoms with Crippen LogP contribution in [0.2, 0.25) is 0 Å². The largest absolute Gasteiger partial charge is 0.497 e. The summed E-state index contributed by atoms with van der Waals surface area (Å²) in [4.78, 5) is 30.1. The van der Waals surface area contributed by atoms with E-state index in [0.717, 1.165) is 22.2 Å². The Kier molecular flexibility index (Phi) is 5.99. The summed E-state index contributed by atoms with van der Waals surface area (Å²) in [7, 11) is 1.57. The topological polar surface area (TPSA) is 74.4 Å². The van der Waals surface area contributed by atoms with Crippen molar-refractivity contribution in [3.05, 3.63) is 59.8 Å². The molecule has 146 valence electrons. The van der Waals surface area contributed by atoms with Crippen LogP contribution < -0.4 is 10.1 Å². The highest BCUT2D eigenvalue weighted by molar-refractivity contribution is 5.96. The molecule has 1 aromatic heterocycles. The molecule has 0 spiro atoms. The third-order valence-electron chi connectivity index (χ3n) is 4.78. The van der Waals surface area contributed by atoms with Gasteiger partial charge in [-0.05, 0) is 37.6 Å². The molecular formula is C22H25N3O3. The number of aromatic nitrogens is 1. The maximum Gasteiger partial charge on any atom is 0.243 e. The van der Waals surface area contributed by atoms with Crippen LogP contribution in [0, 0.1) is 6.92 Å². The van der Waals surface area contributed by atoms with Crippen LogP contribution in [0.25, 0.3) is 10.9 Å². The summed E-state index contributed by atoms with van der Waals surface area (Å²) in [6.07, 6.45) is 0.260. The zero-order chi connectivity index (χ0) is 20.1. The maximum atomic E-state index is 12.8. The second-order valence-electron chi connectivity index (χ2n) is 6.64. The number of carbonyl (C=O) groups excluding carboxylic acids is 2. The number of ether oxygens (including phenoxy) is 1. The lowest BCUT2D eigenvalue weighted by molar-refractivity contribution is -0.133. The van der Waals surface area contributed by atoms with E-state index in [2.05, 4.69) is 10.3 Å². The molecule has 0 saturated carbocycles. The van der Waals surface area contributed by atoms with Crippen LogP contribution in [0.5, 0.6) is 5.75 Å². The average Bonchev–Trinajstić information content (AvgIpc) is 3.01. The van der Waals surface area contributed by atoms with E-state index in [1.807, 2.05) is 38.1 Å². The summed E-state index contributed by atoms with van der Waals surface area (Å²) >= 11 is 0. The van der Waals surface area contributed by atoms with Crippen molar-refractivity contribution in [3.63, 3.8) is 0 Å². The second kappa shape index (κ2) is 8.61. The van der Waals surface area contributed by atoms with Gasteiger partial charge in [0, 0.05) is 34.9 Å². The molecule has 3 rings (SSSR count). The van der Waals surface area contributed by atoms with Gasteiger partial charge in [0.25, 0.3) is 0 Å². The fourth-order valence-electron chi connectivity index (χ4n) is 3.28. The van der Waals surface area contributed by atoms with Crippen LogP contribution >= 0.6 is 0 Å². The highest BCUT2D eigenvalue weighted by atomic mass is 16.5. The van der Waals surface area contributed by atoms with Gasteiger partial charge in [-0.25, -0.2) is 0 Å². The molecule has 0 aliphatic rings. The fraction of sp³-hybridized carbons (Fsp3) is 0.273. The summed E-state index contributed by atoms with van der Waals surface area (Å²) in [5.74, 6) is 0.353. The summed E-state index contributed by atoms with van der Waals surface area (Å²) in [5, 5.41) is 3.86. The lowest BCUT2D eigenvalue weighted by Gasteiger charge is -2.20. The maximum absolute atomic E-state index is 12.8. The first kappa shape index (κ1) is 19.5. The Bertz CT molecular complexity index is 994. The standard InChI is InChI=1S/C22H25N3O3/c1-4-25(14-21(26)24-16-8-7-9-17(12-16)28-3)22(27)13-19-15(2)23-20-11-6-5-10-18(19)20/h5-12,23H,4,13-14H2,1-3H3,(H,24,26). The molecule has 6 nitrogen and oxygen atoms in total. The number of aromatic amines is 1. The molecule has 0 aliphatic heterocycles. The predicted molar refractivity (Wildman–Crippen MR) is 111 cm³/mol. The first-order chi connectivity index (χ1) is 13.5. The van der Waals surface area contributed by atoms with Crippen molar-refractivity contribution >= 4 is 28.4 Å². The van der Waals surface area contributed by atoms with Crippen LogP contribution in [0.3, 0.4) is 0 Å².